The molecule has 7 nitrogen and oxygen atoms in total. The monoisotopic (exact) mass is 894 g/mol. The Hall–Kier alpha value is -2.53. The van der Waals surface area contributed by atoms with Crippen LogP contribution in [0.5, 0.6) is 0 Å². The maximum Gasteiger partial charge on any atom is 0.412 e. The summed E-state index contributed by atoms with van der Waals surface area (Å²) in [7, 11) is -9.49. The zero-order valence-corrected chi connectivity index (χ0v) is 39.2. The van der Waals surface area contributed by atoms with Crippen molar-refractivity contribution < 1.29 is 58.3 Å². The van der Waals surface area contributed by atoms with Crippen LogP contribution in [0.4, 0.5) is 26.3 Å². The van der Waals surface area contributed by atoms with Crippen molar-refractivity contribution >= 4 is 40.6 Å². The fourth-order valence-electron chi connectivity index (χ4n) is 6.42. The molecule has 0 radical (unpaired) electrons. The Balaban J connectivity index is 2.47. The lowest BCUT2D eigenvalue weighted by atomic mass is 10.0. The lowest BCUT2D eigenvalue weighted by Gasteiger charge is -2.45. The van der Waals surface area contributed by atoms with E-state index in [1.807, 2.05) is 73.7 Å². The molecular formula is C43H65F6O7PSi2. The average molecular weight is 895 g/mol. The number of hydrogen-bond donors (Lipinski definition) is 0. The van der Waals surface area contributed by atoms with Gasteiger partial charge in [-0.2, -0.15) is 26.3 Å². The van der Waals surface area contributed by atoms with Crippen LogP contribution in [0.25, 0.3) is 0 Å². The molecule has 0 saturated heterocycles. The summed E-state index contributed by atoms with van der Waals surface area (Å²) in [5.41, 5.74) is -1.04. The van der Waals surface area contributed by atoms with Crippen molar-refractivity contribution in [2.75, 3.05) is 26.9 Å². The van der Waals surface area contributed by atoms with Crippen LogP contribution in [0, 0.1) is 0 Å². The summed E-state index contributed by atoms with van der Waals surface area (Å²) < 4.78 is 120. The second-order valence-corrected chi connectivity index (χ2v) is 28.7. The molecule has 0 aliphatic rings. The average Bonchev–Trinajstić information content (AvgIpc) is 3.13. The molecule has 2 aromatic carbocycles. The molecule has 0 N–H and O–H groups in total. The van der Waals surface area contributed by atoms with Crippen molar-refractivity contribution in [2.24, 2.45) is 0 Å². The third-order valence-corrected chi connectivity index (χ3v) is 22.3. The predicted molar refractivity (Wildman–Crippen MR) is 228 cm³/mol. The molecule has 0 aromatic heterocycles. The fourth-order valence-corrected chi connectivity index (χ4v) is 14.0. The van der Waals surface area contributed by atoms with Crippen molar-refractivity contribution in [3.8, 4) is 0 Å². The Kier molecular flexibility index (Phi) is 20.1. The lowest BCUT2D eigenvalue weighted by molar-refractivity contribution is -0.167. The van der Waals surface area contributed by atoms with Gasteiger partial charge in [-0.15, -0.1) is 0 Å². The number of methoxy groups -OCH3 is 1. The maximum atomic E-state index is 13.7. The first-order valence-electron chi connectivity index (χ1n) is 20.0. The summed E-state index contributed by atoms with van der Waals surface area (Å²) in [6.07, 6.45) is -1.43. The second-order valence-electron chi connectivity index (χ2n) is 17.4. The van der Waals surface area contributed by atoms with E-state index in [1.165, 1.54) is 0 Å². The SMILES string of the molecule is COC(=O)C(CCCC(/C=C(/C)CCCC/C=C/CO[Si](C)(C)C(C)(C)C)O[Si](c1ccccc1)(c1ccccc1)C(C)(C)C)P(=O)(OCC(F)(F)F)OCC(F)(F)F. The molecule has 59 heavy (non-hydrogen) atoms. The van der Waals surface area contributed by atoms with E-state index >= 15 is 0 Å². The standard InChI is InChI=1S/C43H65F6O7PSi2/c1-34(23-16-12-11-13-21-30-55-58(9,10)40(2,3)4)31-35(56-59(41(5,6)7,36-25-17-14-18-26-36)37-27-19-15-20-28-37)24-22-29-38(39(50)52-8)57(51,53-32-42(44,45)46)54-33-43(47,48)49/h13-15,17-21,25-28,31,35,38H,11-12,16,22-24,29-30,32-33H2,1-10H3/b21-13+,34-31-. The number of esters is 1. The third kappa shape index (κ3) is 17.0. The van der Waals surface area contributed by atoms with Gasteiger partial charge in [0, 0.05) is 0 Å². The first-order valence-corrected chi connectivity index (χ1v) is 26.5. The van der Waals surface area contributed by atoms with Crippen LogP contribution in [0.1, 0.15) is 93.4 Å². The molecule has 0 saturated carbocycles. The van der Waals surface area contributed by atoms with Gasteiger partial charge in [-0.05, 0) is 85.4 Å². The van der Waals surface area contributed by atoms with Gasteiger partial charge < -0.3 is 13.6 Å². The van der Waals surface area contributed by atoms with Crippen molar-refractivity contribution in [3.63, 3.8) is 0 Å². The van der Waals surface area contributed by atoms with Gasteiger partial charge in [-0.3, -0.25) is 18.4 Å². The zero-order valence-electron chi connectivity index (χ0n) is 36.3. The number of allylic oxidation sites excluding steroid dienone is 2. The van der Waals surface area contributed by atoms with Gasteiger partial charge in [0.25, 0.3) is 8.32 Å². The van der Waals surface area contributed by atoms with E-state index in [-0.39, 0.29) is 17.9 Å². The Bertz CT molecular complexity index is 1610. The summed E-state index contributed by atoms with van der Waals surface area (Å²) >= 11 is 0. The van der Waals surface area contributed by atoms with Gasteiger partial charge in [0.05, 0.1) is 19.8 Å². The van der Waals surface area contributed by atoms with Crippen LogP contribution in [0.2, 0.25) is 23.2 Å². The number of rotatable bonds is 23. The molecule has 0 aliphatic heterocycles. The molecule has 0 fully saturated rings. The molecule has 2 aromatic rings. The highest BCUT2D eigenvalue weighted by atomic mass is 31.2. The molecule has 2 unspecified atom stereocenters. The Morgan fingerprint density at radius 2 is 1.25 bits per heavy atom. The summed E-state index contributed by atoms with van der Waals surface area (Å²) in [5, 5.41) is 1.69. The highest BCUT2D eigenvalue weighted by Gasteiger charge is 2.52. The zero-order chi connectivity index (χ0) is 44.8. The normalized spacial score (nSPS) is 15.1. The van der Waals surface area contributed by atoms with Crippen molar-refractivity contribution in [3.05, 3.63) is 84.5 Å². The molecule has 0 bridgehead atoms. The molecule has 2 rings (SSSR count). The topological polar surface area (TPSA) is 80.3 Å². The summed E-state index contributed by atoms with van der Waals surface area (Å²) in [5.74, 6) is -1.31. The highest BCUT2D eigenvalue weighted by Crippen LogP contribution is 2.56. The van der Waals surface area contributed by atoms with Crippen LogP contribution in [0.15, 0.2) is 84.5 Å². The number of unbranched alkanes of at least 4 members (excludes halogenated alkanes) is 2. The maximum absolute atomic E-state index is 13.7. The molecule has 2 atom stereocenters. The number of hydrogen-bond acceptors (Lipinski definition) is 7. The number of carbonyl (C=O) groups excluding carboxylic acids is 1. The first kappa shape index (κ1) is 52.6. The quantitative estimate of drug-likeness (QED) is 0.0274. The Morgan fingerprint density at radius 1 is 0.746 bits per heavy atom. The molecule has 0 spiro atoms. The molecule has 334 valence electrons. The number of halogens is 6. The van der Waals surface area contributed by atoms with Crippen molar-refractivity contribution in [2.45, 2.75) is 141 Å². The smallest absolute Gasteiger partial charge is 0.412 e. The summed E-state index contributed by atoms with van der Waals surface area (Å²) in [6, 6.07) is 19.7. The van der Waals surface area contributed by atoms with E-state index in [2.05, 4.69) is 75.8 Å². The van der Waals surface area contributed by atoms with E-state index in [4.69, 9.17) is 13.6 Å². The molecule has 0 heterocycles. The van der Waals surface area contributed by atoms with Gasteiger partial charge in [0.1, 0.15) is 0 Å². The largest absolute Gasteiger partial charge is 0.468 e. The van der Waals surface area contributed by atoms with E-state index in [0.717, 1.165) is 48.7 Å². The van der Waals surface area contributed by atoms with Crippen LogP contribution in [0.3, 0.4) is 0 Å². The lowest BCUT2D eigenvalue weighted by Crippen LogP contribution is -2.67. The van der Waals surface area contributed by atoms with Gasteiger partial charge in [-0.25, -0.2) is 0 Å². The minimum Gasteiger partial charge on any atom is -0.468 e. The van der Waals surface area contributed by atoms with Gasteiger partial charge in [0.2, 0.25) is 0 Å². The minimum absolute atomic E-state index is 0.0110. The van der Waals surface area contributed by atoms with Gasteiger partial charge in [0.15, 0.2) is 27.2 Å². The number of alkyl halides is 6. The van der Waals surface area contributed by atoms with E-state index < -0.39 is 79.0 Å². The summed E-state index contributed by atoms with van der Waals surface area (Å²) in [4.78, 5) is 12.9. The Morgan fingerprint density at radius 3 is 1.69 bits per heavy atom. The number of ether oxygens (including phenoxy) is 1. The molecule has 0 amide bonds. The van der Waals surface area contributed by atoms with Crippen molar-refractivity contribution in [1.82, 2.24) is 0 Å². The predicted octanol–water partition coefficient (Wildman–Crippen LogP) is 12.1. The van der Waals surface area contributed by atoms with Crippen LogP contribution >= 0.6 is 7.60 Å². The van der Waals surface area contributed by atoms with Crippen LogP contribution in [-0.2, 0) is 32.0 Å². The van der Waals surface area contributed by atoms with Crippen LogP contribution < -0.4 is 10.4 Å². The molecular weight excluding hydrogens is 830 g/mol. The van der Waals surface area contributed by atoms with Gasteiger partial charge in [-0.1, -0.05) is 126 Å². The van der Waals surface area contributed by atoms with E-state index in [0.29, 0.717) is 6.61 Å². The molecule has 0 aliphatic carbocycles. The first-order chi connectivity index (χ1) is 27.2. The fraction of sp³-hybridized carbons (Fsp3) is 0.605. The Labute approximate surface area is 350 Å². The minimum atomic E-state index is -5.36. The second kappa shape index (κ2) is 22.5. The van der Waals surface area contributed by atoms with E-state index in [9.17, 15) is 35.7 Å². The number of carbonyl (C=O) groups is 1. The van der Waals surface area contributed by atoms with Crippen LogP contribution in [-0.4, -0.2) is 73.7 Å². The number of benzene rings is 2. The highest BCUT2D eigenvalue weighted by molar-refractivity contribution is 7.55. The molecule has 16 heteroatoms. The third-order valence-electron chi connectivity index (χ3n) is 10.6. The summed E-state index contributed by atoms with van der Waals surface area (Å²) in [6.45, 7) is 15.6. The van der Waals surface area contributed by atoms with E-state index in [1.54, 1.807) is 0 Å². The van der Waals surface area contributed by atoms with Gasteiger partial charge >= 0.3 is 25.9 Å². The van der Waals surface area contributed by atoms with Crippen molar-refractivity contribution in [1.29, 1.82) is 0 Å².